The smallest absolute Gasteiger partial charge is 0.305 e. The van der Waals surface area contributed by atoms with Gasteiger partial charge in [0.2, 0.25) is 0 Å². The minimum absolute atomic E-state index is 0.0952. The summed E-state index contributed by atoms with van der Waals surface area (Å²) in [5.41, 5.74) is 0.535. The monoisotopic (exact) mass is 434 g/mol. The molecule has 178 valence electrons. The average molecular weight is 435 g/mol. The lowest BCUT2D eigenvalue weighted by molar-refractivity contribution is -0.203. The van der Waals surface area contributed by atoms with Crippen LogP contribution >= 0.6 is 0 Å². The van der Waals surface area contributed by atoms with Crippen molar-refractivity contribution < 1.29 is 19.7 Å². The zero-order valence-corrected chi connectivity index (χ0v) is 20.5. The van der Waals surface area contributed by atoms with Crippen LogP contribution in [-0.4, -0.2) is 35.5 Å². The van der Waals surface area contributed by atoms with Gasteiger partial charge in [-0.15, -0.1) is 0 Å². The van der Waals surface area contributed by atoms with Gasteiger partial charge in [-0.2, -0.15) is 0 Å². The second-order valence-electron chi connectivity index (χ2n) is 12.2. The number of hydrogen-bond donors (Lipinski definition) is 2. The number of hydrogen-bond acceptors (Lipinski definition) is 4. The highest BCUT2D eigenvalue weighted by molar-refractivity contribution is 5.69. The summed E-state index contributed by atoms with van der Waals surface area (Å²) in [5.74, 6) is 3.41. The van der Waals surface area contributed by atoms with Gasteiger partial charge in [-0.3, -0.25) is 4.79 Å². The van der Waals surface area contributed by atoms with Crippen molar-refractivity contribution in [1.29, 1.82) is 0 Å². The minimum atomic E-state index is -0.230. The summed E-state index contributed by atoms with van der Waals surface area (Å²) in [5, 5.41) is 22.2. The summed E-state index contributed by atoms with van der Waals surface area (Å²) >= 11 is 0. The zero-order chi connectivity index (χ0) is 22.6. The number of esters is 1. The third-order valence-corrected chi connectivity index (χ3v) is 11.2. The molecule has 4 saturated carbocycles. The molecule has 0 aromatic rings. The molecule has 4 unspecified atom stereocenters. The van der Waals surface area contributed by atoms with Crippen molar-refractivity contribution in [2.45, 2.75) is 104 Å². The van der Waals surface area contributed by atoms with Crippen molar-refractivity contribution >= 4 is 5.97 Å². The van der Waals surface area contributed by atoms with Crippen LogP contribution in [0.15, 0.2) is 0 Å². The maximum atomic E-state index is 11.8. The summed E-state index contributed by atoms with van der Waals surface area (Å²) in [4.78, 5) is 11.7. The van der Waals surface area contributed by atoms with E-state index in [9.17, 15) is 15.0 Å². The molecule has 11 atom stereocenters. The maximum Gasteiger partial charge on any atom is 0.305 e. The number of rotatable bonds is 5. The van der Waals surface area contributed by atoms with Crippen molar-refractivity contribution in [3.63, 3.8) is 0 Å². The molecule has 0 saturated heterocycles. The van der Waals surface area contributed by atoms with Gasteiger partial charge in [0.1, 0.15) is 0 Å². The fourth-order valence-electron chi connectivity index (χ4n) is 9.58. The Morgan fingerprint density at radius 1 is 1.03 bits per heavy atom. The van der Waals surface area contributed by atoms with Crippen LogP contribution < -0.4 is 0 Å². The lowest BCUT2D eigenvalue weighted by Crippen LogP contribution is -2.62. The van der Waals surface area contributed by atoms with Crippen molar-refractivity contribution in [1.82, 2.24) is 0 Å². The minimum Gasteiger partial charge on any atom is -0.469 e. The molecule has 0 amide bonds. The van der Waals surface area contributed by atoms with E-state index in [0.717, 1.165) is 32.1 Å². The third-order valence-electron chi connectivity index (χ3n) is 11.2. The second-order valence-corrected chi connectivity index (χ2v) is 12.2. The third kappa shape index (κ3) is 3.68. The first-order valence-corrected chi connectivity index (χ1v) is 13.1. The normalized spacial score (nSPS) is 50.2. The lowest BCUT2D eigenvalue weighted by atomic mass is 9.41. The van der Waals surface area contributed by atoms with Crippen LogP contribution in [0, 0.1) is 52.3 Å². The quantitative estimate of drug-likeness (QED) is 0.584. The molecule has 2 N–H and O–H groups in total. The van der Waals surface area contributed by atoms with Crippen molar-refractivity contribution in [2.24, 2.45) is 52.3 Å². The van der Waals surface area contributed by atoms with Crippen LogP contribution in [0.2, 0.25) is 0 Å². The first kappa shape index (κ1) is 23.5. The van der Waals surface area contributed by atoms with E-state index in [-0.39, 0.29) is 29.0 Å². The summed E-state index contributed by atoms with van der Waals surface area (Å²) in [6.45, 7) is 9.58. The van der Waals surface area contributed by atoms with Gasteiger partial charge in [-0.25, -0.2) is 0 Å². The molecule has 31 heavy (non-hydrogen) atoms. The Morgan fingerprint density at radius 3 is 2.39 bits per heavy atom. The highest BCUT2D eigenvalue weighted by Gasteiger charge is 2.64. The molecule has 0 aromatic heterocycles. The van der Waals surface area contributed by atoms with Crippen molar-refractivity contribution in [3.8, 4) is 0 Å². The number of fused-ring (bicyclic) bond motifs is 5. The molecule has 0 bridgehead atoms. The molecule has 0 heterocycles. The van der Waals surface area contributed by atoms with E-state index < -0.39 is 0 Å². The molecule has 4 nitrogen and oxygen atoms in total. The van der Waals surface area contributed by atoms with E-state index in [4.69, 9.17) is 4.74 Å². The van der Waals surface area contributed by atoms with Gasteiger partial charge in [0.05, 0.1) is 19.3 Å². The molecule has 4 fully saturated rings. The van der Waals surface area contributed by atoms with E-state index in [1.54, 1.807) is 0 Å². The van der Waals surface area contributed by atoms with E-state index in [0.29, 0.717) is 47.8 Å². The largest absolute Gasteiger partial charge is 0.469 e. The first-order valence-electron chi connectivity index (χ1n) is 13.1. The Labute approximate surface area is 189 Å². The van der Waals surface area contributed by atoms with Crippen LogP contribution in [0.25, 0.3) is 0 Å². The average Bonchev–Trinajstić information content (AvgIpc) is 3.10. The Bertz CT molecular complexity index is 664. The molecule has 0 radical (unpaired) electrons. The first-order chi connectivity index (χ1) is 14.7. The van der Waals surface area contributed by atoms with Gasteiger partial charge >= 0.3 is 5.97 Å². The number of methoxy groups -OCH3 is 1. The number of carbonyl (C=O) groups is 1. The molecule has 4 rings (SSSR count). The summed E-state index contributed by atoms with van der Waals surface area (Å²) < 4.78 is 4.88. The lowest BCUT2D eigenvalue weighted by Gasteiger charge is -2.64. The van der Waals surface area contributed by atoms with Gasteiger partial charge in [0.25, 0.3) is 0 Å². The van der Waals surface area contributed by atoms with E-state index in [2.05, 4.69) is 27.7 Å². The Kier molecular flexibility index (Phi) is 6.55. The topological polar surface area (TPSA) is 66.8 Å². The van der Waals surface area contributed by atoms with Crippen molar-refractivity contribution in [3.05, 3.63) is 0 Å². The van der Waals surface area contributed by atoms with Gasteiger partial charge in [0.15, 0.2) is 0 Å². The van der Waals surface area contributed by atoms with E-state index in [1.165, 1.54) is 32.8 Å². The van der Waals surface area contributed by atoms with Gasteiger partial charge in [-0.05, 0) is 104 Å². The van der Waals surface area contributed by atoms with Crippen LogP contribution in [-0.2, 0) is 9.53 Å². The highest BCUT2D eigenvalue weighted by atomic mass is 16.5. The predicted octanol–water partition coefficient (Wildman–Crippen LogP) is 5.20. The molecular weight excluding hydrogens is 388 g/mol. The van der Waals surface area contributed by atoms with E-state index in [1.807, 2.05) is 0 Å². The van der Waals surface area contributed by atoms with Gasteiger partial charge in [0, 0.05) is 6.42 Å². The Morgan fingerprint density at radius 2 is 1.71 bits per heavy atom. The molecular formula is C27H46O4. The van der Waals surface area contributed by atoms with E-state index >= 15 is 0 Å². The summed E-state index contributed by atoms with van der Waals surface area (Å²) in [7, 11) is 1.48. The second kappa shape index (κ2) is 8.63. The molecule has 4 heteroatoms. The summed E-state index contributed by atoms with van der Waals surface area (Å²) in [6, 6.07) is 0. The molecule has 4 aliphatic rings. The number of ether oxygens (including phenoxy) is 1. The Balaban J connectivity index is 1.58. The molecule has 0 spiro atoms. The summed E-state index contributed by atoms with van der Waals surface area (Å²) in [6.07, 6.45) is 9.87. The SMILES string of the molecule is CC[C@@H]1C2C[C@H](O)CC[C@]2(C)C2CC[C@@]3(C)C(CC[C@@H]3[C@H](C)CCC(=O)OC)C2[C@@H]1O. The van der Waals surface area contributed by atoms with Crippen LogP contribution in [0.1, 0.15) is 91.9 Å². The van der Waals surface area contributed by atoms with Crippen LogP contribution in [0.3, 0.4) is 0 Å². The molecule has 0 aromatic carbocycles. The molecule has 0 aliphatic heterocycles. The fourth-order valence-corrected chi connectivity index (χ4v) is 9.58. The standard InChI is InChI=1S/C27H46O4/c1-6-18-22-15-17(28)11-13-27(22,4)21-12-14-26(3)19(16(2)7-10-23(29)31-5)8-9-20(26)24(21)25(18)30/h16-22,24-25,28,30H,6-15H2,1-5H3/t16-,17-,18-,19-,20?,21?,22?,24?,25-,26-,27-/m1/s1. The predicted molar refractivity (Wildman–Crippen MR) is 122 cm³/mol. The molecule has 4 aliphatic carbocycles. The zero-order valence-electron chi connectivity index (χ0n) is 20.5. The number of aliphatic hydroxyl groups excluding tert-OH is 2. The van der Waals surface area contributed by atoms with Crippen molar-refractivity contribution in [2.75, 3.05) is 7.11 Å². The number of carbonyl (C=O) groups excluding carboxylic acids is 1. The Hall–Kier alpha value is -0.610. The van der Waals surface area contributed by atoms with Gasteiger partial charge in [-0.1, -0.05) is 34.1 Å². The maximum absolute atomic E-state index is 11.8. The fraction of sp³-hybridized carbons (Fsp3) is 0.963. The highest BCUT2D eigenvalue weighted by Crippen LogP contribution is 2.69. The van der Waals surface area contributed by atoms with Gasteiger partial charge < -0.3 is 14.9 Å². The van der Waals surface area contributed by atoms with Crippen LogP contribution in [0.5, 0.6) is 0 Å². The number of aliphatic hydroxyl groups is 2. The van der Waals surface area contributed by atoms with Crippen LogP contribution in [0.4, 0.5) is 0 Å².